The van der Waals surface area contributed by atoms with Crippen molar-refractivity contribution in [3.63, 3.8) is 0 Å². The third-order valence-electron chi connectivity index (χ3n) is 2.60. The Morgan fingerprint density at radius 3 is 2.91 bits per heavy atom. The Bertz CT molecular complexity index is 286. The van der Waals surface area contributed by atoms with Crippen LogP contribution in [-0.4, -0.2) is 31.4 Å². The fourth-order valence-electron chi connectivity index (χ4n) is 1.97. The topological polar surface area (TPSA) is 37.4 Å². The van der Waals surface area contributed by atoms with Crippen molar-refractivity contribution in [1.29, 1.82) is 0 Å². The van der Waals surface area contributed by atoms with Gasteiger partial charge in [0.25, 0.3) is 0 Å². The summed E-state index contributed by atoms with van der Waals surface area (Å²) in [5.74, 6) is 0.766. The summed E-state index contributed by atoms with van der Waals surface area (Å²) in [5, 5.41) is 0. The van der Waals surface area contributed by atoms with Gasteiger partial charge in [0.1, 0.15) is 4.99 Å². The van der Waals surface area contributed by atoms with Crippen LogP contribution in [0.3, 0.4) is 0 Å². The maximum atomic E-state index is 10.7. The van der Waals surface area contributed by atoms with Crippen LogP contribution in [0.15, 0.2) is 0 Å². The van der Waals surface area contributed by atoms with Crippen LogP contribution in [0.4, 0.5) is 0 Å². The molecule has 2 atom stereocenters. The summed E-state index contributed by atoms with van der Waals surface area (Å²) in [6, 6.07) is 0. The number of hydrogen-bond donors (Lipinski definition) is 0. The van der Waals surface area contributed by atoms with Crippen molar-refractivity contribution in [2.45, 2.75) is 19.3 Å². The lowest BCUT2D eigenvalue weighted by molar-refractivity contribution is 0.423. The third kappa shape index (κ3) is 1.20. The van der Waals surface area contributed by atoms with Gasteiger partial charge in [-0.25, -0.2) is 0 Å². The van der Waals surface area contributed by atoms with E-state index in [1.54, 1.807) is 0 Å². The first-order chi connectivity index (χ1) is 5.27. The summed E-state index contributed by atoms with van der Waals surface area (Å²) in [4.78, 5) is 2.65. The molecule has 2 fully saturated rings. The largest absolute Gasteiger partial charge is 0.265 e. The monoisotopic (exact) mass is 173 g/mol. The molecule has 3 nitrogen and oxygen atoms in total. The van der Waals surface area contributed by atoms with Gasteiger partial charge in [0.05, 0.1) is 0 Å². The lowest BCUT2D eigenvalue weighted by Crippen LogP contribution is -2.32. The molecule has 4 heteroatoms. The molecule has 2 saturated heterocycles. The molecule has 2 bridgehead atoms. The van der Waals surface area contributed by atoms with Crippen LogP contribution in [0, 0.1) is 5.92 Å². The average Bonchev–Trinajstić information content (AvgIpc) is 2.32. The normalized spacial score (nSPS) is 35.8. The van der Waals surface area contributed by atoms with Gasteiger partial charge in [-0.15, -0.1) is 0 Å². The predicted octanol–water partition coefficient (Wildman–Crippen LogP) is 0.111. The molecule has 2 rings (SSSR count). The fraction of sp³-hybridized carbons (Fsp3) is 0.857. The van der Waals surface area contributed by atoms with Gasteiger partial charge in [-0.3, -0.25) is 4.90 Å². The molecule has 11 heavy (non-hydrogen) atoms. The highest BCUT2D eigenvalue weighted by atomic mass is 32.2. The molecule has 0 aliphatic carbocycles. The fourth-order valence-corrected chi connectivity index (χ4v) is 2.63. The van der Waals surface area contributed by atoms with Crippen LogP contribution in [-0.2, 0) is 10.3 Å². The molecule has 0 spiro atoms. The van der Waals surface area contributed by atoms with Gasteiger partial charge in [0, 0.05) is 13.1 Å². The van der Waals surface area contributed by atoms with Crippen molar-refractivity contribution in [2.24, 2.45) is 5.92 Å². The number of fused-ring (bicyclic) bond motifs is 2. The SMILES string of the molecule is O=S(=O)=C1CCC2CCN1C2. The van der Waals surface area contributed by atoms with E-state index in [1.807, 2.05) is 4.90 Å². The average molecular weight is 173 g/mol. The number of piperidine rings is 1. The van der Waals surface area contributed by atoms with Gasteiger partial charge in [-0.2, -0.15) is 8.42 Å². The van der Waals surface area contributed by atoms with Gasteiger partial charge >= 0.3 is 0 Å². The standard InChI is InChI=1S/C7H11NO2S/c9-11(10)7-2-1-6-3-4-8(7)5-6/h6H,1-5H2. The minimum absolute atomic E-state index is 0.638. The molecule has 0 N–H and O–H groups in total. The summed E-state index contributed by atoms with van der Waals surface area (Å²) >= 11 is 0. The highest BCUT2D eigenvalue weighted by Crippen LogP contribution is 2.27. The first-order valence-corrected chi connectivity index (χ1v) is 5.05. The second-order valence-electron chi connectivity index (χ2n) is 3.27. The van der Waals surface area contributed by atoms with Crippen molar-refractivity contribution in [3.05, 3.63) is 0 Å². The van der Waals surface area contributed by atoms with E-state index in [0.717, 1.165) is 31.8 Å². The van der Waals surface area contributed by atoms with E-state index < -0.39 is 10.3 Å². The van der Waals surface area contributed by atoms with Gasteiger partial charge in [-0.1, -0.05) is 0 Å². The van der Waals surface area contributed by atoms with Gasteiger partial charge < -0.3 is 0 Å². The van der Waals surface area contributed by atoms with Crippen LogP contribution in [0.25, 0.3) is 0 Å². The Hall–Kier alpha value is -0.350. The number of hydrogen-bond acceptors (Lipinski definition) is 2. The Morgan fingerprint density at radius 1 is 1.36 bits per heavy atom. The van der Waals surface area contributed by atoms with Crippen LogP contribution >= 0.6 is 0 Å². The first-order valence-electron chi connectivity index (χ1n) is 3.97. The number of nitrogens with zero attached hydrogens (tertiary/aromatic N) is 1. The lowest BCUT2D eigenvalue weighted by atomic mass is 10.0. The molecular weight excluding hydrogens is 162 g/mol. The molecule has 62 valence electrons. The van der Waals surface area contributed by atoms with Crippen LogP contribution in [0.5, 0.6) is 0 Å². The van der Waals surface area contributed by atoms with Crippen LogP contribution in [0.2, 0.25) is 0 Å². The van der Waals surface area contributed by atoms with E-state index in [2.05, 4.69) is 0 Å². The summed E-state index contributed by atoms with van der Waals surface area (Å²) in [6.07, 6.45) is 3.02. The van der Waals surface area contributed by atoms with Crippen molar-refractivity contribution in [2.75, 3.05) is 13.1 Å². The second-order valence-corrected chi connectivity index (χ2v) is 4.21. The minimum Gasteiger partial charge on any atom is -0.265 e. The summed E-state index contributed by atoms with van der Waals surface area (Å²) in [6.45, 7) is 1.93. The molecule has 0 radical (unpaired) electrons. The Morgan fingerprint density at radius 2 is 2.18 bits per heavy atom. The van der Waals surface area contributed by atoms with Crippen molar-refractivity contribution in [1.82, 2.24) is 4.90 Å². The van der Waals surface area contributed by atoms with E-state index in [0.29, 0.717) is 4.99 Å². The predicted molar refractivity (Wildman–Crippen MR) is 42.8 cm³/mol. The van der Waals surface area contributed by atoms with Crippen LogP contribution < -0.4 is 0 Å². The Kier molecular flexibility index (Phi) is 1.73. The molecule has 0 aromatic rings. The zero-order valence-corrected chi connectivity index (χ0v) is 7.10. The van der Waals surface area contributed by atoms with E-state index in [1.165, 1.54) is 6.42 Å². The number of rotatable bonds is 0. The highest BCUT2D eigenvalue weighted by Gasteiger charge is 2.31. The summed E-state index contributed by atoms with van der Waals surface area (Å²) in [7, 11) is -1.96. The van der Waals surface area contributed by atoms with E-state index >= 15 is 0 Å². The molecule has 0 aromatic heterocycles. The zero-order valence-electron chi connectivity index (χ0n) is 6.28. The molecule has 0 saturated carbocycles. The molecule has 2 aliphatic rings. The molecule has 2 aliphatic heterocycles. The maximum Gasteiger partial charge on any atom is 0.228 e. The third-order valence-corrected chi connectivity index (χ3v) is 3.44. The van der Waals surface area contributed by atoms with Crippen molar-refractivity contribution < 1.29 is 8.42 Å². The van der Waals surface area contributed by atoms with Gasteiger partial charge in [0.2, 0.25) is 10.3 Å². The highest BCUT2D eigenvalue weighted by molar-refractivity contribution is 7.72. The first kappa shape index (κ1) is 7.31. The molecule has 0 amide bonds. The van der Waals surface area contributed by atoms with E-state index in [-0.39, 0.29) is 0 Å². The van der Waals surface area contributed by atoms with Crippen LogP contribution in [0.1, 0.15) is 19.3 Å². The van der Waals surface area contributed by atoms with Gasteiger partial charge in [-0.05, 0) is 25.2 Å². The summed E-state index contributed by atoms with van der Waals surface area (Å²) < 4.78 is 21.3. The molecular formula is C7H11NO2S. The molecule has 2 heterocycles. The van der Waals surface area contributed by atoms with Gasteiger partial charge in [0.15, 0.2) is 0 Å². The Labute approximate surface area is 67.5 Å². The van der Waals surface area contributed by atoms with Crippen molar-refractivity contribution in [3.8, 4) is 0 Å². The zero-order chi connectivity index (χ0) is 7.84. The minimum atomic E-state index is -1.96. The molecule has 2 unspecified atom stereocenters. The smallest absolute Gasteiger partial charge is 0.228 e. The lowest BCUT2D eigenvalue weighted by Gasteiger charge is -2.21. The maximum absolute atomic E-state index is 10.7. The molecule has 0 aromatic carbocycles. The van der Waals surface area contributed by atoms with E-state index in [4.69, 9.17) is 0 Å². The quantitative estimate of drug-likeness (QED) is 0.488. The second kappa shape index (κ2) is 2.60. The summed E-state index contributed by atoms with van der Waals surface area (Å²) in [5.41, 5.74) is 0. The van der Waals surface area contributed by atoms with E-state index in [9.17, 15) is 8.42 Å². The van der Waals surface area contributed by atoms with Crippen molar-refractivity contribution >= 4 is 15.3 Å². The Balaban J connectivity index is 2.33.